The van der Waals surface area contributed by atoms with E-state index >= 15 is 0 Å². The minimum absolute atomic E-state index is 0.0407. The van der Waals surface area contributed by atoms with Crippen molar-refractivity contribution in [2.45, 2.75) is 131 Å². The summed E-state index contributed by atoms with van der Waals surface area (Å²) in [6.45, 7) is 19.4. The Labute approximate surface area is 362 Å². The number of nitrogens with one attached hydrogen (secondary N) is 3. The maximum absolute atomic E-state index is 14.5. The first kappa shape index (κ1) is 44.0. The molecule has 0 radical (unpaired) electrons. The topological polar surface area (TPSA) is 163 Å². The molecule has 4 saturated carbocycles. The number of allylic oxidation sites excluding steroid dienone is 2. The van der Waals surface area contributed by atoms with Crippen LogP contribution in [0.1, 0.15) is 140 Å². The van der Waals surface area contributed by atoms with Gasteiger partial charge in [-0.25, -0.2) is 0 Å². The van der Waals surface area contributed by atoms with Crippen molar-refractivity contribution in [2.24, 2.45) is 56.7 Å². The molecule has 5 fully saturated rings. The molecule has 2 heterocycles. The lowest BCUT2D eigenvalue weighted by Gasteiger charge is -2.71. The van der Waals surface area contributed by atoms with E-state index < -0.39 is 35.1 Å². The predicted octanol–water partition coefficient (Wildman–Crippen LogP) is 6.67. The van der Waals surface area contributed by atoms with E-state index in [1.54, 1.807) is 23.8 Å². The highest BCUT2D eigenvalue weighted by molar-refractivity contribution is 6.25. The van der Waals surface area contributed by atoms with Gasteiger partial charge in [0, 0.05) is 25.2 Å². The normalized spacial score (nSPS) is 38.9. The van der Waals surface area contributed by atoms with Gasteiger partial charge in [-0.1, -0.05) is 66.2 Å². The highest BCUT2D eigenvalue weighted by Crippen LogP contribution is 2.75. The van der Waals surface area contributed by atoms with Gasteiger partial charge in [-0.05, 0) is 128 Å². The molecule has 1 aromatic carbocycles. The molecule has 7 aliphatic rings. The molecule has 1 saturated heterocycles. The lowest BCUT2D eigenvalue weighted by atomic mass is 9.33. The smallest absolute Gasteiger partial charge is 0.264 e. The first-order valence-corrected chi connectivity index (χ1v) is 23.3. The van der Waals surface area contributed by atoms with Crippen molar-refractivity contribution in [1.29, 1.82) is 0 Å². The average Bonchev–Trinajstić information content (AvgIpc) is 3.47. The molecule has 8 rings (SSSR count). The number of fused-ring (bicyclic) bond motifs is 8. The molecule has 61 heavy (non-hydrogen) atoms. The molecule has 2 unspecified atom stereocenters. The summed E-state index contributed by atoms with van der Waals surface area (Å²) < 4.78 is 11.7. The number of amides is 5. The molecule has 12 heteroatoms. The van der Waals surface area contributed by atoms with Crippen LogP contribution in [0.4, 0.5) is 5.69 Å². The van der Waals surface area contributed by atoms with Gasteiger partial charge in [0.05, 0.1) is 49.1 Å². The lowest BCUT2D eigenvalue weighted by molar-refractivity contribution is -0.204. The lowest BCUT2D eigenvalue weighted by Crippen LogP contribution is -2.66. The number of aliphatic hydroxyl groups is 1. The van der Waals surface area contributed by atoms with Crippen LogP contribution in [0, 0.1) is 56.7 Å². The number of hydrogen-bond acceptors (Lipinski definition) is 9. The van der Waals surface area contributed by atoms with Crippen LogP contribution in [-0.4, -0.2) is 91.2 Å². The summed E-state index contributed by atoms with van der Waals surface area (Å²) in [7, 11) is 0. The fourth-order valence-electron chi connectivity index (χ4n) is 14.5. The highest BCUT2D eigenvalue weighted by atomic mass is 16.5. The Morgan fingerprint density at radius 1 is 0.852 bits per heavy atom. The summed E-state index contributed by atoms with van der Waals surface area (Å²) in [5.41, 5.74) is 2.39. The van der Waals surface area contributed by atoms with Crippen molar-refractivity contribution in [1.82, 2.24) is 15.5 Å². The van der Waals surface area contributed by atoms with E-state index in [0.717, 1.165) is 56.3 Å². The summed E-state index contributed by atoms with van der Waals surface area (Å²) in [5.74, 6) is 0.320. The van der Waals surface area contributed by atoms with Crippen LogP contribution in [0.2, 0.25) is 0 Å². The maximum atomic E-state index is 14.5. The molecular weight excluding hydrogens is 773 g/mol. The maximum Gasteiger partial charge on any atom is 0.264 e. The Balaban J connectivity index is 0.824. The monoisotopic (exact) mass is 843 g/mol. The molecule has 5 aliphatic carbocycles. The second-order valence-corrected chi connectivity index (χ2v) is 21.3. The SMILES string of the molecule is C[C@H]1[C@H](C)CC[C@]2(C(=O)NCCOCCOCCNc3cccc4c3C(=O)N(C3CCC(=O)NC3=O)C4=O)CC[C@]3(C)C(=CC[C@@H]4[C@@]5(C)CC[C@H](O)C(C)(C)C5CC[C@]43C)[C@H]12. The Kier molecular flexibility index (Phi) is 11.7. The molecule has 2 aliphatic heterocycles. The number of carbonyl (C=O) groups excluding carboxylic acids is 5. The van der Waals surface area contributed by atoms with E-state index in [4.69, 9.17) is 9.47 Å². The van der Waals surface area contributed by atoms with Crippen LogP contribution in [0.25, 0.3) is 0 Å². The number of carbonyl (C=O) groups is 5. The predicted molar refractivity (Wildman–Crippen MR) is 231 cm³/mol. The molecule has 0 spiro atoms. The zero-order valence-corrected chi connectivity index (χ0v) is 37.6. The van der Waals surface area contributed by atoms with Crippen LogP contribution in [-0.2, 0) is 23.9 Å². The molecule has 12 nitrogen and oxygen atoms in total. The fraction of sp³-hybridized carbons (Fsp3) is 0.735. The quantitative estimate of drug-likeness (QED) is 0.102. The molecule has 11 atom stereocenters. The van der Waals surface area contributed by atoms with Crippen LogP contribution >= 0.6 is 0 Å². The highest BCUT2D eigenvalue weighted by Gasteiger charge is 2.69. The standard InChI is InChI=1S/C49H70N4O8/c1-29-15-20-49(22-21-47(6)32(40(49)30(29)2)11-13-36-46(5)18-17-37(54)45(3,4)35(46)16-19-48(36,47)7)44(59)51-24-26-61-28-27-60-25-23-50-33-10-8-9-31-39(33)43(58)53(42(31)57)34-12-14-38(55)52-41(34)56/h8-11,29-30,34-37,40,50,54H,12-28H2,1-7H3,(H,51,59)(H,52,55,56)/t29-,30+,34?,35?,36-,37+,40+,46+,47-,48-,49+/m1/s1. The van der Waals surface area contributed by atoms with Gasteiger partial charge >= 0.3 is 0 Å². The fourth-order valence-corrected chi connectivity index (χ4v) is 14.5. The second kappa shape index (κ2) is 16.2. The van der Waals surface area contributed by atoms with E-state index in [1.807, 2.05) is 0 Å². The number of rotatable bonds is 12. The van der Waals surface area contributed by atoms with E-state index in [0.29, 0.717) is 68.9 Å². The molecule has 334 valence electrons. The molecule has 0 bridgehead atoms. The summed E-state index contributed by atoms with van der Waals surface area (Å²) in [5, 5.41) is 19.9. The van der Waals surface area contributed by atoms with Gasteiger partial charge in [-0.2, -0.15) is 0 Å². The van der Waals surface area contributed by atoms with Crippen molar-refractivity contribution in [3.05, 3.63) is 41.0 Å². The minimum atomic E-state index is -1.02. The molecule has 5 amide bonds. The van der Waals surface area contributed by atoms with Gasteiger partial charge in [0.25, 0.3) is 11.8 Å². The van der Waals surface area contributed by atoms with Crippen molar-refractivity contribution in [2.75, 3.05) is 44.8 Å². The minimum Gasteiger partial charge on any atom is -0.393 e. The van der Waals surface area contributed by atoms with E-state index in [1.165, 1.54) is 6.42 Å². The summed E-state index contributed by atoms with van der Waals surface area (Å²) in [6.07, 6.45) is 11.9. The van der Waals surface area contributed by atoms with Crippen molar-refractivity contribution < 1.29 is 38.6 Å². The molecule has 4 N–H and O–H groups in total. The second-order valence-electron chi connectivity index (χ2n) is 21.3. The number of hydrogen-bond donors (Lipinski definition) is 4. The third-order valence-electron chi connectivity index (χ3n) is 18.4. The summed E-state index contributed by atoms with van der Waals surface area (Å²) in [4.78, 5) is 66.1. The van der Waals surface area contributed by atoms with Crippen molar-refractivity contribution in [3.8, 4) is 0 Å². The first-order chi connectivity index (χ1) is 28.9. The number of nitrogens with zero attached hydrogens (tertiary/aromatic N) is 1. The molecule has 1 aromatic rings. The molecule has 0 aromatic heterocycles. The van der Waals surface area contributed by atoms with Crippen LogP contribution in [0.3, 0.4) is 0 Å². The number of imide groups is 2. The van der Waals surface area contributed by atoms with Gasteiger partial charge in [0.15, 0.2) is 0 Å². The van der Waals surface area contributed by atoms with Crippen LogP contribution in [0.15, 0.2) is 29.8 Å². The van der Waals surface area contributed by atoms with Crippen LogP contribution < -0.4 is 16.0 Å². The Hall–Kier alpha value is -3.61. The number of aliphatic hydroxyl groups excluding tert-OH is 1. The Morgan fingerprint density at radius 2 is 1.59 bits per heavy atom. The summed E-state index contributed by atoms with van der Waals surface area (Å²) in [6, 6.07) is 3.96. The zero-order chi connectivity index (χ0) is 43.7. The number of benzene rings is 1. The van der Waals surface area contributed by atoms with E-state index in [9.17, 15) is 29.1 Å². The van der Waals surface area contributed by atoms with Crippen molar-refractivity contribution >= 4 is 35.2 Å². The van der Waals surface area contributed by atoms with Gasteiger partial charge in [-0.15, -0.1) is 0 Å². The number of ether oxygens (including phenoxy) is 2. The number of piperidine rings is 1. The Morgan fingerprint density at radius 3 is 2.33 bits per heavy atom. The number of anilines is 1. The first-order valence-electron chi connectivity index (χ1n) is 23.3. The zero-order valence-electron chi connectivity index (χ0n) is 37.6. The van der Waals surface area contributed by atoms with Gasteiger partial charge in [-0.3, -0.25) is 34.2 Å². The van der Waals surface area contributed by atoms with Gasteiger partial charge in [0.2, 0.25) is 17.7 Å². The third kappa shape index (κ3) is 6.91. The molecular formula is C49H70N4O8. The third-order valence-corrected chi connectivity index (χ3v) is 18.4. The largest absolute Gasteiger partial charge is 0.393 e. The van der Waals surface area contributed by atoms with E-state index in [-0.39, 0.29) is 63.6 Å². The van der Waals surface area contributed by atoms with E-state index in [2.05, 4.69) is 70.5 Å². The van der Waals surface area contributed by atoms with Gasteiger partial charge < -0.3 is 25.2 Å². The summed E-state index contributed by atoms with van der Waals surface area (Å²) >= 11 is 0. The average molecular weight is 843 g/mol. The van der Waals surface area contributed by atoms with Crippen LogP contribution in [0.5, 0.6) is 0 Å². The van der Waals surface area contributed by atoms with Gasteiger partial charge in [0.1, 0.15) is 6.04 Å². The Bertz CT molecular complexity index is 1980. The van der Waals surface area contributed by atoms with Crippen molar-refractivity contribution in [3.63, 3.8) is 0 Å².